The fourth-order valence-electron chi connectivity index (χ4n) is 3.23. The first-order valence-corrected chi connectivity index (χ1v) is 12.3. The van der Waals surface area contributed by atoms with Gasteiger partial charge in [0, 0.05) is 16.1 Å². The number of methoxy groups -OCH3 is 3. The van der Waals surface area contributed by atoms with Gasteiger partial charge >= 0.3 is 0 Å². The molecule has 0 aliphatic rings. The Labute approximate surface area is 210 Å². The molecule has 0 saturated heterocycles. The van der Waals surface area contributed by atoms with Crippen LogP contribution in [0, 0.1) is 0 Å². The maximum Gasteiger partial charge on any atom is 0.255 e. The smallest absolute Gasteiger partial charge is 0.255 e. The minimum Gasteiger partial charge on any atom is -0.497 e. The van der Waals surface area contributed by atoms with Crippen LogP contribution in [0.2, 0.25) is 0 Å². The first-order chi connectivity index (χ1) is 17.0. The summed E-state index contributed by atoms with van der Waals surface area (Å²) in [4.78, 5) is 30.4. The highest BCUT2D eigenvalue weighted by molar-refractivity contribution is 8.00. The molecule has 3 aromatic carbocycles. The van der Waals surface area contributed by atoms with E-state index in [9.17, 15) is 9.59 Å². The van der Waals surface area contributed by atoms with Gasteiger partial charge in [-0.05, 0) is 54.6 Å². The third-order valence-electron chi connectivity index (χ3n) is 4.95. The maximum absolute atomic E-state index is 12.7. The molecule has 2 amide bonds. The van der Waals surface area contributed by atoms with Gasteiger partial charge in [0.15, 0.2) is 16.6 Å². The summed E-state index contributed by atoms with van der Waals surface area (Å²) in [7, 11) is 4.67. The molecule has 0 radical (unpaired) electrons. The van der Waals surface area contributed by atoms with Crippen LogP contribution in [0.4, 0.5) is 10.8 Å². The van der Waals surface area contributed by atoms with Crippen molar-refractivity contribution in [2.24, 2.45) is 0 Å². The lowest BCUT2D eigenvalue weighted by Gasteiger charge is -2.10. The van der Waals surface area contributed by atoms with Crippen LogP contribution in [0.15, 0.2) is 65.6 Å². The summed E-state index contributed by atoms with van der Waals surface area (Å²) in [5, 5.41) is 6.25. The van der Waals surface area contributed by atoms with Crippen molar-refractivity contribution in [3.05, 3.63) is 66.2 Å². The van der Waals surface area contributed by atoms with Crippen molar-refractivity contribution < 1.29 is 23.8 Å². The molecule has 0 spiro atoms. The average molecular weight is 510 g/mol. The zero-order chi connectivity index (χ0) is 24.8. The van der Waals surface area contributed by atoms with Gasteiger partial charge in [-0.25, -0.2) is 4.98 Å². The molecule has 4 aromatic rings. The van der Waals surface area contributed by atoms with E-state index in [-0.39, 0.29) is 17.6 Å². The molecule has 180 valence electrons. The van der Waals surface area contributed by atoms with Crippen LogP contribution < -0.4 is 24.8 Å². The SMILES string of the molecule is COc1ccc2nc(NC(=O)CSc3cccc(NC(=O)c4ccc(OC)c(OC)c4)c3)sc2c1. The van der Waals surface area contributed by atoms with Crippen molar-refractivity contribution in [3.63, 3.8) is 0 Å². The van der Waals surface area contributed by atoms with E-state index in [2.05, 4.69) is 15.6 Å². The van der Waals surface area contributed by atoms with Crippen molar-refractivity contribution in [1.29, 1.82) is 0 Å². The maximum atomic E-state index is 12.7. The average Bonchev–Trinajstić information content (AvgIpc) is 3.28. The van der Waals surface area contributed by atoms with Gasteiger partial charge in [-0.2, -0.15) is 0 Å². The molecule has 0 atom stereocenters. The number of thiazole rings is 1. The quantitative estimate of drug-likeness (QED) is 0.295. The Morgan fingerprint density at radius 1 is 0.914 bits per heavy atom. The number of aromatic nitrogens is 1. The number of amides is 2. The standard InChI is InChI=1S/C25H23N3O5S2/c1-31-17-8-9-19-22(13-17)35-25(27-19)28-23(29)14-34-18-6-4-5-16(12-18)26-24(30)15-7-10-20(32-2)21(11-15)33-3/h4-13H,14H2,1-3H3,(H,26,30)(H,27,28,29). The van der Waals surface area contributed by atoms with Crippen LogP contribution in [0.25, 0.3) is 10.2 Å². The molecule has 1 heterocycles. The largest absolute Gasteiger partial charge is 0.497 e. The number of hydrogen-bond acceptors (Lipinski definition) is 8. The van der Waals surface area contributed by atoms with E-state index in [0.717, 1.165) is 20.9 Å². The van der Waals surface area contributed by atoms with E-state index in [1.807, 2.05) is 36.4 Å². The number of rotatable bonds is 9. The number of benzene rings is 3. The van der Waals surface area contributed by atoms with E-state index in [4.69, 9.17) is 14.2 Å². The molecule has 10 heteroatoms. The predicted molar refractivity (Wildman–Crippen MR) is 139 cm³/mol. The molecule has 0 saturated carbocycles. The molecule has 0 bridgehead atoms. The van der Waals surface area contributed by atoms with Gasteiger partial charge in [0.2, 0.25) is 5.91 Å². The van der Waals surface area contributed by atoms with Crippen LogP contribution in [-0.4, -0.2) is 43.9 Å². The first kappa shape index (κ1) is 24.4. The molecular formula is C25H23N3O5S2. The Balaban J connectivity index is 1.35. The number of hydrogen-bond donors (Lipinski definition) is 2. The predicted octanol–water partition coefficient (Wildman–Crippen LogP) is 5.31. The first-order valence-electron chi connectivity index (χ1n) is 10.5. The lowest BCUT2D eigenvalue weighted by atomic mass is 10.2. The van der Waals surface area contributed by atoms with Crippen molar-refractivity contribution in [2.75, 3.05) is 37.7 Å². The summed E-state index contributed by atoms with van der Waals surface area (Å²) in [6.07, 6.45) is 0. The summed E-state index contributed by atoms with van der Waals surface area (Å²) in [5.74, 6) is 1.52. The van der Waals surface area contributed by atoms with Gasteiger partial charge in [0.05, 0.1) is 37.3 Å². The molecular weight excluding hydrogens is 486 g/mol. The van der Waals surface area contributed by atoms with Crippen molar-refractivity contribution in [1.82, 2.24) is 4.98 Å². The molecule has 0 aliphatic heterocycles. The summed E-state index contributed by atoms with van der Waals surface area (Å²) in [6.45, 7) is 0. The van der Waals surface area contributed by atoms with E-state index < -0.39 is 0 Å². The van der Waals surface area contributed by atoms with Crippen molar-refractivity contribution in [3.8, 4) is 17.2 Å². The van der Waals surface area contributed by atoms with Crippen molar-refractivity contribution >= 4 is 55.9 Å². The number of carbonyl (C=O) groups excluding carboxylic acids is 2. The second kappa shape index (κ2) is 11.1. The highest BCUT2D eigenvalue weighted by atomic mass is 32.2. The second-order valence-corrected chi connectivity index (χ2v) is 9.32. The Morgan fingerprint density at radius 3 is 2.51 bits per heavy atom. The summed E-state index contributed by atoms with van der Waals surface area (Å²) in [6, 6.07) is 17.9. The fraction of sp³-hybridized carbons (Fsp3) is 0.160. The molecule has 0 unspecified atom stereocenters. The fourth-order valence-corrected chi connectivity index (χ4v) is 4.90. The van der Waals surface area contributed by atoms with Crippen LogP contribution in [-0.2, 0) is 4.79 Å². The highest BCUT2D eigenvalue weighted by Crippen LogP contribution is 2.30. The normalized spacial score (nSPS) is 10.6. The topological polar surface area (TPSA) is 98.8 Å². The van der Waals surface area contributed by atoms with Crippen molar-refractivity contribution in [2.45, 2.75) is 4.90 Å². The number of ether oxygens (including phenoxy) is 3. The number of nitrogens with one attached hydrogen (secondary N) is 2. The van der Waals surface area contributed by atoms with Crippen LogP contribution in [0.3, 0.4) is 0 Å². The van der Waals surface area contributed by atoms with Gasteiger partial charge < -0.3 is 24.8 Å². The minimum absolute atomic E-state index is 0.166. The molecule has 35 heavy (non-hydrogen) atoms. The molecule has 2 N–H and O–H groups in total. The molecule has 0 aliphatic carbocycles. The zero-order valence-corrected chi connectivity index (χ0v) is 20.9. The lowest BCUT2D eigenvalue weighted by Crippen LogP contribution is -2.14. The Bertz CT molecular complexity index is 1370. The van der Waals surface area contributed by atoms with Crippen LogP contribution >= 0.6 is 23.1 Å². The van der Waals surface area contributed by atoms with Gasteiger partial charge in [-0.15, -0.1) is 11.8 Å². The van der Waals surface area contributed by atoms with E-state index in [1.54, 1.807) is 31.4 Å². The molecule has 1 aromatic heterocycles. The molecule has 4 rings (SSSR count). The molecule has 8 nitrogen and oxygen atoms in total. The summed E-state index contributed by atoms with van der Waals surface area (Å²) in [5.41, 5.74) is 1.86. The third kappa shape index (κ3) is 6.03. The Hall–Kier alpha value is -3.76. The number of nitrogens with zero attached hydrogens (tertiary/aromatic N) is 1. The van der Waals surface area contributed by atoms with E-state index >= 15 is 0 Å². The second-order valence-electron chi connectivity index (χ2n) is 7.24. The summed E-state index contributed by atoms with van der Waals surface area (Å²) >= 11 is 2.76. The van der Waals surface area contributed by atoms with Gasteiger partial charge in [0.25, 0.3) is 5.91 Å². The van der Waals surface area contributed by atoms with Gasteiger partial charge in [-0.1, -0.05) is 17.4 Å². The van der Waals surface area contributed by atoms with E-state index in [0.29, 0.717) is 27.9 Å². The van der Waals surface area contributed by atoms with Crippen LogP contribution in [0.5, 0.6) is 17.2 Å². The van der Waals surface area contributed by atoms with Gasteiger partial charge in [0.1, 0.15) is 5.75 Å². The van der Waals surface area contributed by atoms with Crippen LogP contribution in [0.1, 0.15) is 10.4 Å². The Kier molecular flexibility index (Phi) is 7.74. The van der Waals surface area contributed by atoms with E-state index in [1.165, 1.54) is 37.3 Å². The summed E-state index contributed by atoms with van der Waals surface area (Å²) < 4.78 is 16.6. The third-order valence-corrected chi connectivity index (χ3v) is 6.88. The van der Waals surface area contributed by atoms with Gasteiger partial charge in [-0.3, -0.25) is 9.59 Å². The number of anilines is 2. The molecule has 0 fully saturated rings. The highest BCUT2D eigenvalue weighted by Gasteiger charge is 2.12. The monoisotopic (exact) mass is 509 g/mol. The lowest BCUT2D eigenvalue weighted by molar-refractivity contribution is -0.113. The number of carbonyl (C=O) groups is 2. The Morgan fingerprint density at radius 2 is 1.74 bits per heavy atom. The minimum atomic E-state index is -0.279. The number of fused-ring (bicyclic) bond motifs is 1. The zero-order valence-electron chi connectivity index (χ0n) is 19.3. The number of thioether (sulfide) groups is 1.